The highest BCUT2D eigenvalue weighted by Crippen LogP contribution is 2.24. The monoisotopic (exact) mass is 272 g/mol. The highest BCUT2D eigenvalue weighted by atomic mass is 16.5. The lowest BCUT2D eigenvalue weighted by Crippen LogP contribution is -2.63. The first-order valence-electron chi connectivity index (χ1n) is 6.55. The molecule has 0 spiro atoms. The minimum absolute atomic E-state index is 0.00728. The zero-order chi connectivity index (χ0) is 14.7. The van der Waals surface area contributed by atoms with Gasteiger partial charge in [0.05, 0.1) is 12.1 Å². The number of aliphatic carboxylic acids is 1. The van der Waals surface area contributed by atoms with Crippen molar-refractivity contribution in [1.82, 2.24) is 10.2 Å². The summed E-state index contributed by atoms with van der Waals surface area (Å²) in [5.74, 6) is -0.978. The van der Waals surface area contributed by atoms with Crippen LogP contribution in [0.5, 0.6) is 0 Å². The molecule has 2 N–H and O–H groups in total. The van der Waals surface area contributed by atoms with Gasteiger partial charge >= 0.3 is 5.97 Å². The summed E-state index contributed by atoms with van der Waals surface area (Å²) < 4.78 is 5.29. The van der Waals surface area contributed by atoms with Gasteiger partial charge in [0.1, 0.15) is 6.61 Å². The van der Waals surface area contributed by atoms with Crippen LogP contribution in [0.3, 0.4) is 0 Å². The molecule has 0 saturated carbocycles. The van der Waals surface area contributed by atoms with Crippen LogP contribution in [0.25, 0.3) is 0 Å². The van der Waals surface area contributed by atoms with Crippen molar-refractivity contribution in [1.29, 1.82) is 0 Å². The summed E-state index contributed by atoms with van der Waals surface area (Å²) in [4.78, 5) is 24.2. The summed E-state index contributed by atoms with van der Waals surface area (Å²) in [6.07, 6.45) is 0.873. The van der Waals surface area contributed by atoms with Crippen LogP contribution in [0.2, 0.25) is 0 Å². The maximum atomic E-state index is 11.8. The standard InChI is InChI=1S/C13H24N2O4/c1-5-12(2,3)14-10(16)6-15-8-13(4,9-15)19-7-11(17)18/h5-9H2,1-4H3,(H,14,16)(H,17,18). The van der Waals surface area contributed by atoms with Gasteiger partial charge in [-0.15, -0.1) is 0 Å². The van der Waals surface area contributed by atoms with Crippen molar-refractivity contribution in [2.45, 2.75) is 45.3 Å². The molecule has 1 heterocycles. The van der Waals surface area contributed by atoms with E-state index in [-0.39, 0.29) is 18.1 Å². The number of carboxylic acid groups (broad SMARTS) is 1. The number of hydrogen-bond donors (Lipinski definition) is 2. The van der Waals surface area contributed by atoms with E-state index in [1.54, 1.807) is 0 Å². The molecular formula is C13H24N2O4. The van der Waals surface area contributed by atoms with Crippen LogP contribution in [-0.2, 0) is 14.3 Å². The van der Waals surface area contributed by atoms with Gasteiger partial charge in [0, 0.05) is 18.6 Å². The number of amides is 1. The van der Waals surface area contributed by atoms with Gasteiger partial charge in [0.25, 0.3) is 0 Å². The molecule has 1 saturated heterocycles. The predicted octanol–water partition coefficient (Wildman–Crippen LogP) is 0.467. The maximum absolute atomic E-state index is 11.8. The Morgan fingerprint density at radius 2 is 2.00 bits per heavy atom. The molecule has 0 radical (unpaired) electrons. The number of likely N-dealkylation sites (tertiary alicyclic amines) is 1. The highest BCUT2D eigenvalue weighted by Gasteiger charge is 2.41. The summed E-state index contributed by atoms with van der Waals surface area (Å²) >= 11 is 0. The molecule has 1 amide bonds. The minimum Gasteiger partial charge on any atom is -0.480 e. The second kappa shape index (κ2) is 5.88. The summed E-state index contributed by atoms with van der Waals surface area (Å²) in [5.41, 5.74) is -0.635. The molecule has 6 heteroatoms. The van der Waals surface area contributed by atoms with E-state index in [4.69, 9.17) is 9.84 Å². The minimum atomic E-state index is -0.970. The van der Waals surface area contributed by atoms with E-state index < -0.39 is 11.6 Å². The Hall–Kier alpha value is -1.14. The Labute approximate surface area is 114 Å². The van der Waals surface area contributed by atoms with Crippen molar-refractivity contribution in [3.05, 3.63) is 0 Å². The van der Waals surface area contributed by atoms with Gasteiger partial charge in [0.15, 0.2) is 0 Å². The third-order valence-corrected chi connectivity index (χ3v) is 3.39. The number of nitrogens with one attached hydrogen (secondary N) is 1. The zero-order valence-electron chi connectivity index (χ0n) is 12.2. The van der Waals surface area contributed by atoms with Crippen LogP contribution in [0.4, 0.5) is 0 Å². The molecule has 0 unspecified atom stereocenters. The molecule has 6 nitrogen and oxygen atoms in total. The van der Waals surface area contributed by atoms with Gasteiger partial charge in [-0.25, -0.2) is 4.79 Å². The van der Waals surface area contributed by atoms with E-state index in [9.17, 15) is 9.59 Å². The molecule has 1 fully saturated rings. The van der Waals surface area contributed by atoms with Crippen LogP contribution >= 0.6 is 0 Å². The second-order valence-corrected chi connectivity index (χ2v) is 6.06. The van der Waals surface area contributed by atoms with Crippen molar-refractivity contribution in [2.24, 2.45) is 0 Å². The van der Waals surface area contributed by atoms with Crippen LogP contribution in [0, 0.1) is 0 Å². The van der Waals surface area contributed by atoms with Gasteiger partial charge in [0.2, 0.25) is 5.91 Å². The average Bonchev–Trinajstić information content (AvgIpc) is 2.23. The summed E-state index contributed by atoms with van der Waals surface area (Å²) in [5, 5.41) is 11.5. The van der Waals surface area contributed by atoms with Crippen LogP contribution in [0.15, 0.2) is 0 Å². The predicted molar refractivity (Wildman–Crippen MR) is 70.9 cm³/mol. The number of carbonyl (C=O) groups is 2. The number of nitrogens with zero attached hydrogens (tertiary/aromatic N) is 1. The quantitative estimate of drug-likeness (QED) is 0.704. The van der Waals surface area contributed by atoms with E-state index in [0.29, 0.717) is 19.6 Å². The Morgan fingerprint density at radius 1 is 1.42 bits per heavy atom. The van der Waals surface area contributed by atoms with Crippen LogP contribution in [-0.4, -0.2) is 59.3 Å². The maximum Gasteiger partial charge on any atom is 0.329 e. The molecule has 0 aromatic carbocycles. The lowest BCUT2D eigenvalue weighted by atomic mass is 9.96. The third kappa shape index (κ3) is 5.16. The molecule has 0 bridgehead atoms. The lowest BCUT2D eigenvalue weighted by molar-refractivity contribution is -0.166. The van der Waals surface area contributed by atoms with Gasteiger partial charge in [-0.3, -0.25) is 9.69 Å². The Balaban J connectivity index is 2.28. The van der Waals surface area contributed by atoms with Crippen molar-refractivity contribution >= 4 is 11.9 Å². The molecule has 110 valence electrons. The summed E-state index contributed by atoms with van der Waals surface area (Å²) in [6.45, 7) is 9.07. The largest absolute Gasteiger partial charge is 0.480 e. The Bertz CT molecular complexity index is 349. The summed E-state index contributed by atoms with van der Waals surface area (Å²) in [7, 11) is 0. The smallest absolute Gasteiger partial charge is 0.329 e. The topological polar surface area (TPSA) is 78.9 Å². The zero-order valence-corrected chi connectivity index (χ0v) is 12.2. The lowest BCUT2D eigenvalue weighted by Gasteiger charge is -2.47. The van der Waals surface area contributed by atoms with Crippen molar-refractivity contribution in [3.8, 4) is 0 Å². The normalized spacial score (nSPS) is 18.7. The van der Waals surface area contributed by atoms with E-state index in [1.807, 2.05) is 32.6 Å². The number of rotatable bonds is 7. The fourth-order valence-corrected chi connectivity index (χ4v) is 2.05. The molecule has 1 aliphatic rings. The molecule has 1 aliphatic heterocycles. The molecule has 19 heavy (non-hydrogen) atoms. The van der Waals surface area contributed by atoms with Crippen LogP contribution < -0.4 is 5.32 Å². The van der Waals surface area contributed by atoms with E-state index in [2.05, 4.69) is 5.32 Å². The first kappa shape index (κ1) is 15.9. The molecule has 0 aromatic heterocycles. The van der Waals surface area contributed by atoms with Crippen molar-refractivity contribution < 1.29 is 19.4 Å². The number of ether oxygens (including phenoxy) is 1. The SMILES string of the molecule is CCC(C)(C)NC(=O)CN1CC(C)(OCC(=O)O)C1. The number of carbonyl (C=O) groups excluding carboxylic acids is 1. The molecule has 1 rings (SSSR count). The first-order valence-corrected chi connectivity index (χ1v) is 6.55. The first-order chi connectivity index (χ1) is 8.66. The van der Waals surface area contributed by atoms with Gasteiger partial charge in [-0.2, -0.15) is 0 Å². The fourth-order valence-electron chi connectivity index (χ4n) is 2.05. The van der Waals surface area contributed by atoms with Gasteiger partial charge < -0.3 is 15.2 Å². The third-order valence-electron chi connectivity index (χ3n) is 3.39. The number of carboxylic acids is 1. The average molecular weight is 272 g/mol. The molecule has 0 aliphatic carbocycles. The van der Waals surface area contributed by atoms with E-state index in [1.165, 1.54) is 0 Å². The molecule has 0 aromatic rings. The van der Waals surface area contributed by atoms with Gasteiger partial charge in [-0.1, -0.05) is 6.92 Å². The van der Waals surface area contributed by atoms with Crippen LogP contribution in [0.1, 0.15) is 34.1 Å². The Kier molecular flexibility index (Phi) is 4.92. The van der Waals surface area contributed by atoms with Gasteiger partial charge in [-0.05, 0) is 27.2 Å². The van der Waals surface area contributed by atoms with E-state index in [0.717, 1.165) is 6.42 Å². The summed E-state index contributed by atoms with van der Waals surface area (Å²) in [6, 6.07) is 0. The highest BCUT2D eigenvalue weighted by molar-refractivity contribution is 5.79. The van der Waals surface area contributed by atoms with Crippen molar-refractivity contribution in [2.75, 3.05) is 26.2 Å². The fraction of sp³-hybridized carbons (Fsp3) is 0.846. The number of hydrogen-bond acceptors (Lipinski definition) is 4. The molecule has 0 atom stereocenters. The second-order valence-electron chi connectivity index (χ2n) is 6.06. The van der Waals surface area contributed by atoms with E-state index >= 15 is 0 Å². The van der Waals surface area contributed by atoms with Crippen molar-refractivity contribution in [3.63, 3.8) is 0 Å². The Morgan fingerprint density at radius 3 is 2.47 bits per heavy atom. The molecular weight excluding hydrogens is 248 g/mol.